The lowest BCUT2D eigenvalue weighted by Crippen LogP contribution is -2.59. The number of hydrogen-bond donors (Lipinski definition) is 8. The number of nitrogens with two attached hydrogens (primary N) is 2. The van der Waals surface area contributed by atoms with Gasteiger partial charge < -0.3 is 42.6 Å². The van der Waals surface area contributed by atoms with Gasteiger partial charge in [0.1, 0.15) is 18.1 Å². The molecule has 10 N–H and O–H groups in total. The summed E-state index contributed by atoms with van der Waals surface area (Å²) in [5.74, 6) is -6.48. The number of hydrogen-bond acceptors (Lipinski definition) is 7. The summed E-state index contributed by atoms with van der Waals surface area (Å²) in [5, 5.41) is 27.0. The Bertz CT molecular complexity index is 1240. The Labute approximate surface area is 230 Å². The van der Waals surface area contributed by atoms with Gasteiger partial charge in [0.25, 0.3) is 0 Å². The molecule has 218 valence electrons. The minimum Gasteiger partial charge on any atom is -0.481 e. The molecule has 2 aromatic rings. The molecule has 0 aliphatic heterocycles. The zero-order chi connectivity index (χ0) is 30.0. The van der Waals surface area contributed by atoms with Gasteiger partial charge in [0.2, 0.25) is 23.6 Å². The molecule has 0 saturated heterocycles. The van der Waals surface area contributed by atoms with Crippen molar-refractivity contribution in [2.75, 3.05) is 0 Å². The summed E-state index contributed by atoms with van der Waals surface area (Å²) >= 11 is 0. The molecule has 5 atom stereocenters. The zero-order valence-electron chi connectivity index (χ0n) is 22.3. The van der Waals surface area contributed by atoms with E-state index in [1.54, 1.807) is 26.1 Å². The Kier molecular flexibility index (Phi) is 11.6. The lowest BCUT2D eigenvalue weighted by molar-refractivity contribution is -0.143. The van der Waals surface area contributed by atoms with E-state index >= 15 is 0 Å². The Morgan fingerprint density at radius 2 is 1.60 bits per heavy atom. The first-order chi connectivity index (χ1) is 18.8. The fourth-order valence-electron chi connectivity index (χ4n) is 4.03. The number of para-hydroxylation sites is 1. The van der Waals surface area contributed by atoms with E-state index in [-0.39, 0.29) is 19.3 Å². The molecule has 1 heterocycles. The minimum atomic E-state index is -1.59. The standard InChI is InChI=1S/C26H36N6O8/c1-3-13(2)22(32-24(37)18(11-21(34)35)30-23(36)16(27)8-9-20(28)33)25(38)31-19(26(39)40)10-14-12-29-17-7-5-4-6-15(14)17/h4-7,12-13,16,18-19,22,29H,3,8-11,27H2,1-2H3,(H2,28,33)(H,30,36)(H,31,38)(H,32,37)(H,34,35)(H,39,40). The summed E-state index contributed by atoms with van der Waals surface area (Å²) in [6.45, 7) is 3.41. The second kappa shape index (κ2) is 14.6. The van der Waals surface area contributed by atoms with Crippen molar-refractivity contribution in [1.82, 2.24) is 20.9 Å². The van der Waals surface area contributed by atoms with Crippen LogP contribution in [0.15, 0.2) is 30.5 Å². The largest absolute Gasteiger partial charge is 0.481 e. The summed E-state index contributed by atoms with van der Waals surface area (Å²) < 4.78 is 0. The van der Waals surface area contributed by atoms with E-state index in [0.29, 0.717) is 12.0 Å². The number of carboxylic acids is 2. The smallest absolute Gasteiger partial charge is 0.326 e. The van der Waals surface area contributed by atoms with Crippen molar-refractivity contribution >= 4 is 46.5 Å². The number of amides is 4. The highest BCUT2D eigenvalue weighted by molar-refractivity contribution is 5.96. The first kappa shape index (κ1) is 31.8. The molecule has 14 nitrogen and oxygen atoms in total. The number of aliphatic carboxylic acids is 2. The van der Waals surface area contributed by atoms with Crippen LogP contribution >= 0.6 is 0 Å². The fraction of sp³-hybridized carbons (Fsp3) is 0.462. The number of primary amides is 1. The van der Waals surface area contributed by atoms with Gasteiger partial charge in [-0.1, -0.05) is 38.5 Å². The molecule has 5 unspecified atom stereocenters. The maximum absolute atomic E-state index is 13.2. The van der Waals surface area contributed by atoms with Gasteiger partial charge in [0.15, 0.2) is 0 Å². The van der Waals surface area contributed by atoms with Crippen LogP contribution in [0.4, 0.5) is 0 Å². The fourth-order valence-corrected chi connectivity index (χ4v) is 4.03. The molecule has 0 saturated carbocycles. The third kappa shape index (κ3) is 9.08. The monoisotopic (exact) mass is 560 g/mol. The Morgan fingerprint density at radius 3 is 2.20 bits per heavy atom. The average Bonchev–Trinajstić information content (AvgIpc) is 3.31. The van der Waals surface area contributed by atoms with Crippen LogP contribution in [0.3, 0.4) is 0 Å². The van der Waals surface area contributed by atoms with Crippen LogP contribution in [-0.2, 0) is 35.2 Å². The number of carboxylic acid groups (broad SMARTS) is 2. The van der Waals surface area contributed by atoms with Crippen LogP contribution in [0.25, 0.3) is 10.9 Å². The predicted octanol–water partition coefficient (Wildman–Crippen LogP) is -0.637. The molecule has 0 aliphatic carbocycles. The molecule has 14 heteroatoms. The zero-order valence-corrected chi connectivity index (χ0v) is 22.3. The highest BCUT2D eigenvalue weighted by Crippen LogP contribution is 2.19. The number of H-pyrrole nitrogens is 1. The molecule has 1 aromatic carbocycles. The number of aromatic nitrogens is 1. The molecule has 4 amide bonds. The van der Waals surface area contributed by atoms with Crippen molar-refractivity contribution in [2.45, 2.75) is 70.1 Å². The number of carbonyl (C=O) groups is 6. The van der Waals surface area contributed by atoms with Crippen molar-refractivity contribution in [1.29, 1.82) is 0 Å². The number of fused-ring (bicyclic) bond motifs is 1. The van der Waals surface area contributed by atoms with Gasteiger partial charge in [-0.3, -0.25) is 24.0 Å². The van der Waals surface area contributed by atoms with Gasteiger partial charge in [0, 0.05) is 29.9 Å². The number of carbonyl (C=O) groups excluding carboxylic acids is 4. The van der Waals surface area contributed by atoms with Crippen LogP contribution in [0, 0.1) is 5.92 Å². The van der Waals surface area contributed by atoms with Gasteiger partial charge in [-0.15, -0.1) is 0 Å². The second-order valence-corrected chi connectivity index (χ2v) is 9.61. The summed E-state index contributed by atoms with van der Waals surface area (Å²) in [5.41, 5.74) is 12.2. The first-order valence-corrected chi connectivity index (χ1v) is 12.8. The van der Waals surface area contributed by atoms with E-state index in [2.05, 4.69) is 20.9 Å². The van der Waals surface area contributed by atoms with E-state index in [0.717, 1.165) is 10.9 Å². The van der Waals surface area contributed by atoms with Crippen LogP contribution in [0.5, 0.6) is 0 Å². The highest BCUT2D eigenvalue weighted by Gasteiger charge is 2.34. The van der Waals surface area contributed by atoms with Crippen molar-refractivity contribution in [2.24, 2.45) is 17.4 Å². The molecule has 1 aromatic heterocycles. The van der Waals surface area contributed by atoms with Crippen molar-refractivity contribution in [3.8, 4) is 0 Å². The van der Waals surface area contributed by atoms with Crippen LogP contribution in [-0.4, -0.2) is 74.9 Å². The van der Waals surface area contributed by atoms with Gasteiger partial charge >= 0.3 is 11.9 Å². The van der Waals surface area contributed by atoms with E-state index in [4.69, 9.17) is 11.5 Å². The summed E-state index contributed by atoms with van der Waals surface area (Å²) in [6.07, 6.45) is 0.915. The SMILES string of the molecule is CCC(C)C(NC(=O)C(CC(=O)O)NC(=O)C(N)CCC(N)=O)C(=O)NC(Cc1c[nH]c2ccccc12)C(=O)O. The van der Waals surface area contributed by atoms with Crippen molar-refractivity contribution in [3.05, 3.63) is 36.0 Å². The minimum absolute atomic E-state index is 0.0346. The summed E-state index contributed by atoms with van der Waals surface area (Å²) in [4.78, 5) is 76.1. The number of rotatable bonds is 16. The van der Waals surface area contributed by atoms with Gasteiger partial charge in [-0.05, 0) is 24.0 Å². The quantitative estimate of drug-likeness (QED) is 0.130. The second-order valence-electron chi connectivity index (χ2n) is 9.61. The number of benzene rings is 1. The summed E-state index contributed by atoms with van der Waals surface area (Å²) in [7, 11) is 0. The molecule has 0 radical (unpaired) electrons. The van der Waals surface area contributed by atoms with E-state index in [1.807, 2.05) is 18.2 Å². The van der Waals surface area contributed by atoms with Crippen molar-refractivity contribution < 1.29 is 39.0 Å². The highest BCUT2D eigenvalue weighted by atomic mass is 16.4. The molecule has 40 heavy (non-hydrogen) atoms. The van der Waals surface area contributed by atoms with Gasteiger partial charge in [-0.25, -0.2) is 4.79 Å². The first-order valence-electron chi connectivity index (χ1n) is 12.8. The van der Waals surface area contributed by atoms with Crippen LogP contribution < -0.4 is 27.4 Å². The number of nitrogens with one attached hydrogen (secondary N) is 4. The lowest BCUT2D eigenvalue weighted by Gasteiger charge is -2.27. The summed E-state index contributed by atoms with van der Waals surface area (Å²) in [6, 6.07) is 1.90. The van der Waals surface area contributed by atoms with Crippen molar-refractivity contribution in [3.63, 3.8) is 0 Å². The average molecular weight is 561 g/mol. The molecule has 0 spiro atoms. The Hall–Kier alpha value is -4.46. The van der Waals surface area contributed by atoms with Gasteiger partial charge in [-0.2, -0.15) is 0 Å². The van der Waals surface area contributed by atoms with E-state index in [1.165, 1.54) is 0 Å². The van der Waals surface area contributed by atoms with E-state index < -0.39 is 72.1 Å². The molecular weight excluding hydrogens is 524 g/mol. The maximum atomic E-state index is 13.2. The van der Waals surface area contributed by atoms with Crippen LogP contribution in [0.2, 0.25) is 0 Å². The normalized spacial score (nSPS) is 14.8. The molecular formula is C26H36N6O8. The molecule has 2 rings (SSSR count). The molecule has 0 bridgehead atoms. The third-order valence-electron chi connectivity index (χ3n) is 6.56. The Morgan fingerprint density at radius 1 is 0.950 bits per heavy atom. The Balaban J connectivity index is 2.18. The molecule has 0 fully saturated rings. The van der Waals surface area contributed by atoms with Gasteiger partial charge in [0.05, 0.1) is 12.5 Å². The maximum Gasteiger partial charge on any atom is 0.326 e. The molecule has 0 aliphatic rings. The van der Waals surface area contributed by atoms with Crippen LogP contribution in [0.1, 0.15) is 45.1 Å². The number of aromatic amines is 1. The lowest BCUT2D eigenvalue weighted by atomic mass is 9.96. The third-order valence-corrected chi connectivity index (χ3v) is 6.56. The predicted molar refractivity (Wildman–Crippen MR) is 144 cm³/mol. The van der Waals surface area contributed by atoms with E-state index in [9.17, 15) is 39.0 Å². The topological polar surface area (TPSA) is 247 Å².